The number of nitrogens with zero attached hydrogens (tertiary/aromatic N) is 3. The molecule has 72 valence electrons. The molecule has 0 aromatic carbocycles. The van der Waals surface area contributed by atoms with Crippen LogP contribution in [0.1, 0.15) is 10.4 Å². The van der Waals surface area contributed by atoms with E-state index in [2.05, 4.69) is 10.1 Å². The molecule has 2 rings (SSSR count). The normalized spacial score (nSPS) is 10.4. The molecule has 6 heteroatoms. The van der Waals surface area contributed by atoms with E-state index in [1.807, 2.05) is 0 Å². The van der Waals surface area contributed by atoms with E-state index in [0.717, 1.165) is 0 Å². The van der Waals surface area contributed by atoms with E-state index in [4.69, 9.17) is 5.11 Å². The molecule has 0 saturated heterocycles. The van der Waals surface area contributed by atoms with Gasteiger partial charge in [-0.1, -0.05) is 0 Å². The van der Waals surface area contributed by atoms with E-state index in [9.17, 15) is 4.79 Å². The summed E-state index contributed by atoms with van der Waals surface area (Å²) in [7, 11) is 1.70. The second-order valence-electron chi connectivity index (χ2n) is 2.71. The lowest BCUT2D eigenvalue weighted by Crippen LogP contribution is -2.00. The second kappa shape index (κ2) is 3.22. The first-order chi connectivity index (χ1) is 6.70. The van der Waals surface area contributed by atoms with Crippen molar-refractivity contribution in [3.8, 4) is 11.4 Å². The van der Waals surface area contributed by atoms with E-state index in [-0.39, 0.29) is 5.56 Å². The molecule has 0 spiro atoms. The van der Waals surface area contributed by atoms with Crippen LogP contribution in [0, 0.1) is 0 Å². The lowest BCUT2D eigenvalue weighted by atomic mass is 10.2. The first kappa shape index (κ1) is 8.89. The topological polar surface area (TPSA) is 68.0 Å². The average molecular weight is 209 g/mol. The largest absolute Gasteiger partial charge is 0.478 e. The average Bonchev–Trinajstić information content (AvgIpc) is 2.71. The number of aromatic nitrogens is 3. The van der Waals surface area contributed by atoms with Crippen LogP contribution in [-0.4, -0.2) is 25.8 Å². The fraction of sp³-hybridized carbons (Fsp3) is 0.125. The monoisotopic (exact) mass is 209 g/mol. The molecule has 0 saturated carbocycles. The van der Waals surface area contributed by atoms with Gasteiger partial charge < -0.3 is 5.11 Å². The highest BCUT2D eigenvalue weighted by atomic mass is 32.1. The van der Waals surface area contributed by atoms with Gasteiger partial charge in [-0.25, -0.2) is 9.78 Å². The third-order valence-corrected chi connectivity index (χ3v) is 2.43. The van der Waals surface area contributed by atoms with Gasteiger partial charge in [-0.3, -0.25) is 4.68 Å². The summed E-state index contributed by atoms with van der Waals surface area (Å²) in [5.41, 5.74) is 3.03. The van der Waals surface area contributed by atoms with Gasteiger partial charge in [0.05, 0.1) is 11.7 Å². The van der Waals surface area contributed by atoms with Gasteiger partial charge in [0.2, 0.25) is 0 Å². The predicted molar refractivity (Wildman–Crippen MR) is 51.3 cm³/mol. The Balaban J connectivity index is 2.62. The number of aryl methyl sites for hydroxylation is 1. The van der Waals surface area contributed by atoms with Gasteiger partial charge in [0, 0.05) is 12.4 Å². The Hall–Kier alpha value is -1.69. The number of carboxylic acids is 1. The van der Waals surface area contributed by atoms with Crippen LogP contribution in [0.25, 0.3) is 11.4 Å². The van der Waals surface area contributed by atoms with Crippen molar-refractivity contribution in [1.29, 1.82) is 0 Å². The van der Waals surface area contributed by atoms with Crippen LogP contribution in [0.5, 0.6) is 0 Å². The van der Waals surface area contributed by atoms with E-state index in [0.29, 0.717) is 11.4 Å². The summed E-state index contributed by atoms with van der Waals surface area (Å²) in [6, 6.07) is 0. The zero-order valence-electron chi connectivity index (χ0n) is 7.34. The lowest BCUT2D eigenvalue weighted by Gasteiger charge is -1.98. The Morgan fingerprint density at radius 1 is 1.64 bits per heavy atom. The maximum Gasteiger partial charge on any atom is 0.339 e. The number of hydrogen-bond donors (Lipinski definition) is 1. The molecular formula is C8H7N3O2S. The third kappa shape index (κ3) is 1.29. The van der Waals surface area contributed by atoms with Crippen molar-refractivity contribution in [3.63, 3.8) is 0 Å². The Labute approximate surface area is 83.6 Å². The maximum atomic E-state index is 10.9. The SMILES string of the molecule is Cn1ncc(C(=O)O)c1-c1cscn1. The molecule has 0 aliphatic rings. The fourth-order valence-corrected chi connectivity index (χ4v) is 1.76. The predicted octanol–water partition coefficient (Wildman–Crippen LogP) is 1.24. The zero-order valence-corrected chi connectivity index (χ0v) is 8.15. The standard InChI is InChI=1S/C8H7N3O2S/c1-11-7(6-3-14-4-9-6)5(2-10-11)8(12)13/h2-4H,1H3,(H,12,13). The Morgan fingerprint density at radius 3 is 3.00 bits per heavy atom. The first-order valence-electron chi connectivity index (χ1n) is 3.84. The number of hydrogen-bond acceptors (Lipinski definition) is 4. The summed E-state index contributed by atoms with van der Waals surface area (Å²) in [5.74, 6) is -0.985. The molecule has 0 aliphatic carbocycles. The highest BCUT2D eigenvalue weighted by Crippen LogP contribution is 2.22. The Morgan fingerprint density at radius 2 is 2.43 bits per heavy atom. The van der Waals surface area contributed by atoms with Crippen LogP contribution >= 0.6 is 11.3 Å². The van der Waals surface area contributed by atoms with Crippen LogP contribution in [0.2, 0.25) is 0 Å². The molecule has 0 amide bonds. The van der Waals surface area contributed by atoms with Crippen LogP contribution in [0.15, 0.2) is 17.1 Å². The molecule has 0 unspecified atom stereocenters. The molecular weight excluding hydrogens is 202 g/mol. The first-order valence-corrected chi connectivity index (χ1v) is 4.78. The summed E-state index contributed by atoms with van der Waals surface area (Å²) in [4.78, 5) is 14.9. The van der Waals surface area contributed by atoms with Crippen LogP contribution in [-0.2, 0) is 7.05 Å². The van der Waals surface area contributed by atoms with Crippen LogP contribution < -0.4 is 0 Å². The smallest absolute Gasteiger partial charge is 0.339 e. The summed E-state index contributed by atoms with van der Waals surface area (Å²) >= 11 is 1.42. The van der Waals surface area contributed by atoms with Gasteiger partial charge >= 0.3 is 5.97 Å². The maximum absolute atomic E-state index is 10.9. The van der Waals surface area contributed by atoms with Gasteiger partial charge in [-0.15, -0.1) is 11.3 Å². The van der Waals surface area contributed by atoms with Crippen LogP contribution in [0.3, 0.4) is 0 Å². The van der Waals surface area contributed by atoms with Gasteiger partial charge in [0.15, 0.2) is 0 Å². The molecule has 1 N–H and O–H groups in total. The van der Waals surface area contributed by atoms with Gasteiger partial charge in [0.25, 0.3) is 0 Å². The van der Waals surface area contributed by atoms with Crippen molar-refractivity contribution in [3.05, 3.63) is 22.7 Å². The van der Waals surface area contributed by atoms with E-state index < -0.39 is 5.97 Å². The second-order valence-corrected chi connectivity index (χ2v) is 3.43. The molecule has 2 aromatic heterocycles. The van der Waals surface area contributed by atoms with Crippen molar-refractivity contribution in [2.24, 2.45) is 7.05 Å². The summed E-state index contributed by atoms with van der Waals surface area (Å²) in [6.45, 7) is 0. The van der Waals surface area contributed by atoms with Crippen molar-refractivity contribution >= 4 is 17.3 Å². The third-order valence-electron chi connectivity index (χ3n) is 1.84. The van der Waals surface area contributed by atoms with E-state index >= 15 is 0 Å². The molecule has 0 radical (unpaired) electrons. The van der Waals surface area contributed by atoms with Crippen molar-refractivity contribution < 1.29 is 9.90 Å². The highest BCUT2D eigenvalue weighted by molar-refractivity contribution is 7.07. The molecule has 0 fully saturated rings. The molecule has 2 heterocycles. The summed E-state index contributed by atoms with van der Waals surface area (Å²) in [5, 5.41) is 14.6. The minimum atomic E-state index is -0.985. The fourth-order valence-electron chi connectivity index (χ4n) is 1.23. The highest BCUT2D eigenvalue weighted by Gasteiger charge is 2.17. The van der Waals surface area contributed by atoms with Gasteiger partial charge in [-0.2, -0.15) is 5.10 Å². The molecule has 5 nitrogen and oxygen atoms in total. The molecule has 0 bridgehead atoms. The molecule has 0 aliphatic heterocycles. The molecule has 2 aromatic rings. The van der Waals surface area contributed by atoms with Crippen molar-refractivity contribution in [2.75, 3.05) is 0 Å². The number of aromatic carboxylic acids is 1. The number of carbonyl (C=O) groups is 1. The summed E-state index contributed by atoms with van der Waals surface area (Å²) in [6.07, 6.45) is 1.33. The van der Waals surface area contributed by atoms with Gasteiger partial charge in [-0.05, 0) is 0 Å². The summed E-state index contributed by atoms with van der Waals surface area (Å²) < 4.78 is 1.51. The number of carboxylic acid groups (broad SMARTS) is 1. The minimum Gasteiger partial charge on any atom is -0.478 e. The lowest BCUT2D eigenvalue weighted by molar-refractivity contribution is 0.0697. The molecule has 14 heavy (non-hydrogen) atoms. The number of rotatable bonds is 2. The Kier molecular flexibility index (Phi) is 2.05. The van der Waals surface area contributed by atoms with Crippen molar-refractivity contribution in [2.45, 2.75) is 0 Å². The minimum absolute atomic E-state index is 0.179. The van der Waals surface area contributed by atoms with Crippen LogP contribution in [0.4, 0.5) is 0 Å². The molecule has 0 atom stereocenters. The van der Waals surface area contributed by atoms with E-state index in [1.54, 1.807) is 17.9 Å². The van der Waals surface area contributed by atoms with Crippen molar-refractivity contribution in [1.82, 2.24) is 14.8 Å². The zero-order chi connectivity index (χ0) is 10.1. The quantitative estimate of drug-likeness (QED) is 0.808. The number of thiazole rings is 1. The van der Waals surface area contributed by atoms with E-state index in [1.165, 1.54) is 22.2 Å². The Bertz CT molecular complexity index is 461. The van der Waals surface area contributed by atoms with Gasteiger partial charge in [0.1, 0.15) is 17.0 Å².